The molecule has 1 aromatic rings. The Morgan fingerprint density at radius 1 is 1.33 bits per heavy atom. The normalized spacial score (nSPS) is 10.3. The second kappa shape index (κ2) is 7.62. The third kappa shape index (κ3) is 3.97. The number of nitrogens with one attached hydrogen (secondary N) is 1. The molecule has 0 atom stereocenters. The van der Waals surface area contributed by atoms with Crippen LogP contribution in [-0.4, -0.2) is 51.3 Å². The highest BCUT2D eigenvalue weighted by Crippen LogP contribution is 2.17. The van der Waals surface area contributed by atoms with Crippen LogP contribution in [0.2, 0.25) is 0 Å². The fourth-order valence-corrected chi connectivity index (χ4v) is 1.62. The van der Waals surface area contributed by atoms with E-state index < -0.39 is 0 Å². The molecule has 3 N–H and O–H groups in total. The van der Waals surface area contributed by atoms with Crippen LogP contribution in [-0.2, 0) is 9.47 Å². The minimum Gasteiger partial charge on any atom is -0.383 e. The molecule has 0 aromatic carbocycles. The summed E-state index contributed by atoms with van der Waals surface area (Å²) in [7, 11) is 3.31. The summed E-state index contributed by atoms with van der Waals surface area (Å²) >= 11 is 0. The summed E-state index contributed by atoms with van der Waals surface area (Å²) in [6, 6.07) is 3.73. The molecule has 0 bridgehead atoms. The van der Waals surface area contributed by atoms with Gasteiger partial charge in [0.2, 0.25) is 0 Å². The lowest BCUT2D eigenvalue weighted by Gasteiger charge is -2.25. The van der Waals surface area contributed by atoms with Gasteiger partial charge in [-0.05, 0) is 12.1 Å². The lowest BCUT2D eigenvalue weighted by atomic mass is 10.2. The first-order valence-corrected chi connectivity index (χ1v) is 5.73. The van der Waals surface area contributed by atoms with Crippen LogP contribution >= 0.6 is 0 Å². The predicted octanol–water partition coefficient (Wildman–Crippen LogP) is 0.465. The molecule has 0 amide bonds. The zero-order chi connectivity index (χ0) is 13.4. The Hall–Kier alpha value is -1.66. The van der Waals surface area contributed by atoms with E-state index >= 15 is 0 Å². The maximum atomic E-state index is 7.55. The van der Waals surface area contributed by atoms with Crippen molar-refractivity contribution in [2.45, 2.75) is 0 Å². The molecule has 0 aliphatic rings. The zero-order valence-electron chi connectivity index (χ0n) is 10.8. The lowest BCUT2D eigenvalue weighted by molar-refractivity contribution is 0.190. The van der Waals surface area contributed by atoms with Crippen molar-refractivity contribution in [2.75, 3.05) is 45.4 Å². The van der Waals surface area contributed by atoms with Crippen LogP contribution in [0.3, 0.4) is 0 Å². The van der Waals surface area contributed by atoms with Crippen molar-refractivity contribution in [3.63, 3.8) is 0 Å². The summed E-state index contributed by atoms with van der Waals surface area (Å²) in [6.07, 6.45) is 1.63. The monoisotopic (exact) mass is 252 g/mol. The summed E-state index contributed by atoms with van der Waals surface area (Å²) in [6.45, 7) is 2.59. The number of ether oxygens (including phenoxy) is 2. The van der Waals surface area contributed by atoms with E-state index in [0.29, 0.717) is 32.0 Å². The molecular weight excluding hydrogens is 232 g/mol. The Morgan fingerprint density at radius 2 is 1.94 bits per heavy atom. The molecule has 18 heavy (non-hydrogen) atoms. The van der Waals surface area contributed by atoms with Gasteiger partial charge in [-0.25, -0.2) is 0 Å². The van der Waals surface area contributed by atoms with Gasteiger partial charge in [-0.2, -0.15) is 0 Å². The third-order valence-electron chi connectivity index (χ3n) is 2.51. The molecule has 0 saturated heterocycles. The van der Waals surface area contributed by atoms with Crippen molar-refractivity contribution in [1.82, 2.24) is 4.98 Å². The maximum Gasteiger partial charge on any atom is 0.143 e. The maximum absolute atomic E-state index is 7.55. The van der Waals surface area contributed by atoms with Crippen molar-refractivity contribution in [2.24, 2.45) is 5.73 Å². The lowest BCUT2D eigenvalue weighted by Crippen LogP contribution is -2.33. The molecule has 6 nitrogen and oxygen atoms in total. The van der Waals surface area contributed by atoms with Gasteiger partial charge in [0.15, 0.2) is 0 Å². The molecule has 0 saturated carbocycles. The second-order valence-corrected chi connectivity index (χ2v) is 3.76. The Morgan fingerprint density at radius 3 is 2.44 bits per heavy atom. The molecule has 0 unspecified atom stereocenters. The van der Waals surface area contributed by atoms with Crippen LogP contribution in [0.1, 0.15) is 5.69 Å². The summed E-state index contributed by atoms with van der Waals surface area (Å²) in [5.41, 5.74) is 6.86. The molecular formula is C12H20N4O2. The molecule has 1 heterocycles. The van der Waals surface area contributed by atoms with Gasteiger partial charge in [0.1, 0.15) is 11.5 Å². The van der Waals surface area contributed by atoms with Crippen LogP contribution in [0.4, 0.5) is 5.69 Å². The fourth-order valence-electron chi connectivity index (χ4n) is 1.62. The quantitative estimate of drug-likeness (QED) is 0.519. The van der Waals surface area contributed by atoms with E-state index in [1.807, 2.05) is 12.1 Å². The highest BCUT2D eigenvalue weighted by Gasteiger charge is 2.13. The summed E-state index contributed by atoms with van der Waals surface area (Å²) in [4.78, 5) is 6.19. The zero-order valence-corrected chi connectivity index (χ0v) is 10.8. The van der Waals surface area contributed by atoms with Gasteiger partial charge >= 0.3 is 0 Å². The van der Waals surface area contributed by atoms with Gasteiger partial charge in [0, 0.05) is 33.5 Å². The molecule has 0 spiro atoms. The highest BCUT2D eigenvalue weighted by molar-refractivity contribution is 5.98. The number of pyridine rings is 1. The number of nitrogens with zero attached hydrogens (tertiary/aromatic N) is 2. The third-order valence-corrected chi connectivity index (χ3v) is 2.51. The van der Waals surface area contributed by atoms with Gasteiger partial charge in [-0.15, -0.1) is 0 Å². The summed E-state index contributed by atoms with van der Waals surface area (Å²) in [5, 5.41) is 7.55. The van der Waals surface area contributed by atoms with Crippen molar-refractivity contribution >= 4 is 11.5 Å². The topological polar surface area (TPSA) is 84.5 Å². The number of hydrogen-bond donors (Lipinski definition) is 2. The number of aromatic nitrogens is 1. The van der Waals surface area contributed by atoms with E-state index in [2.05, 4.69) is 9.88 Å². The number of nitrogens with two attached hydrogens (primary N) is 1. The van der Waals surface area contributed by atoms with Crippen molar-refractivity contribution in [3.05, 3.63) is 24.0 Å². The van der Waals surface area contributed by atoms with E-state index in [1.54, 1.807) is 20.4 Å². The average molecular weight is 252 g/mol. The van der Waals surface area contributed by atoms with Gasteiger partial charge in [0.05, 0.1) is 18.9 Å². The molecule has 0 aliphatic heterocycles. The number of nitrogen functional groups attached to an aromatic ring is 1. The Kier molecular flexibility index (Phi) is 6.10. The summed E-state index contributed by atoms with van der Waals surface area (Å²) in [5.74, 6) is -0.0366. The number of anilines is 1. The van der Waals surface area contributed by atoms with Crippen LogP contribution < -0.4 is 10.6 Å². The highest BCUT2D eigenvalue weighted by atomic mass is 16.5. The van der Waals surface area contributed by atoms with Gasteiger partial charge < -0.3 is 20.1 Å². The van der Waals surface area contributed by atoms with E-state index in [0.717, 1.165) is 5.69 Å². The first-order chi connectivity index (χ1) is 8.70. The van der Waals surface area contributed by atoms with Crippen molar-refractivity contribution in [1.29, 1.82) is 5.41 Å². The smallest absolute Gasteiger partial charge is 0.143 e. The van der Waals surface area contributed by atoms with Gasteiger partial charge in [-0.3, -0.25) is 10.4 Å². The number of hydrogen-bond acceptors (Lipinski definition) is 5. The van der Waals surface area contributed by atoms with Crippen LogP contribution in [0.5, 0.6) is 0 Å². The minimum absolute atomic E-state index is 0.0366. The largest absolute Gasteiger partial charge is 0.383 e. The Balaban J connectivity index is 2.92. The second-order valence-electron chi connectivity index (χ2n) is 3.76. The Bertz CT molecular complexity index is 376. The van der Waals surface area contributed by atoms with E-state index in [1.165, 1.54) is 0 Å². The van der Waals surface area contributed by atoms with E-state index in [-0.39, 0.29) is 5.84 Å². The van der Waals surface area contributed by atoms with Gasteiger partial charge in [-0.1, -0.05) is 0 Å². The molecule has 6 heteroatoms. The number of methoxy groups -OCH3 is 2. The predicted molar refractivity (Wildman–Crippen MR) is 71.2 cm³/mol. The van der Waals surface area contributed by atoms with Gasteiger partial charge in [0.25, 0.3) is 0 Å². The Labute approximate surface area is 107 Å². The number of amidine groups is 1. The standard InChI is InChI=1S/C12H20N4O2/c1-17-8-6-16(7-9-18-2)10-4-3-5-15-11(10)12(13)14/h3-5H,6-9H2,1-2H3,(H3,13,14). The van der Waals surface area contributed by atoms with Crippen molar-refractivity contribution in [3.8, 4) is 0 Å². The van der Waals surface area contributed by atoms with E-state index in [9.17, 15) is 0 Å². The molecule has 0 radical (unpaired) electrons. The first-order valence-electron chi connectivity index (χ1n) is 5.73. The van der Waals surface area contributed by atoms with E-state index in [4.69, 9.17) is 20.6 Å². The molecule has 0 aliphatic carbocycles. The molecule has 1 rings (SSSR count). The average Bonchev–Trinajstić information content (AvgIpc) is 2.39. The molecule has 0 fully saturated rings. The fraction of sp³-hybridized carbons (Fsp3) is 0.500. The SMILES string of the molecule is COCCN(CCOC)c1cccnc1C(=N)N. The summed E-state index contributed by atoms with van der Waals surface area (Å²) < 4.78 is 10.2. The van der Waals surface area contributed by atoms with Crippen LogP contribution in [0.25, 0.3) is 0 Å². The molecule has 1 aromatic heterocycles. The van der Waals surface area contributed by atoms with Crippen LogP contribution in [0, 0.1) is 5.41 Å². The van der Waals surface area contributed by atoms with Crippen LogP contribution in [0.15, 0.2) is 18.3 Å². The molecule has 100 valence electrons. The van der Waals surface area contributed by atoms with Crippen molar-refractivity contribution < 1.29 is 9.47 Å². The first kappa shape index (κ1) is 14.4. The minimum atomic E-state index is -0.0366. The number of rotatable bonds is 8.